The summed E-state index contributed by atoms with van der Waals surface area (Å²) in [4.78, 5) is 54.1. The number of amides is 4. The smallest absolute Gasteiger partial charge is 0.408 e. The highest BCUT2D eigenvalue weighted by Gasteiger charge is 2.48. The number of para-hydroxylation sites is 1. The maximum Gasteiger partial charge on any atom is 0.408 e. The summed E-state index contributed by atoms with van der Waals surface area (Å²) in [5, 5.41) is 15.7. The van der Waals surface area contributed by atoms with E-state index in [-0.39, 0.29) is 30.6 Å². The maximum absolute atomic E-state index is 14.2. The number of anilines is 1. The number of phenolic OH excluding ortho intramolecular Hbond substituents is 1. The van der Waals surface area contributed by atoms with Crippen LogP contribution in [-0.4, -0.2) is 51.5 Å². The summed E-state index contributed by atoms with van der Waals surface area (Å²) in [7, 11) is 0. The average molecular weight is 553 g/mol. The topological polar surface area (TPSA) is 151 Å². The fourth-order valence-corrected chi connectivity index (χ4v) is 4.55. The number of aromatic hydroxyl groups is 1. The molecule has 3 rings (SSSR count). The molecule has 1 aliphatic rings. The van der Waals surface area contributed by atoms with Gasteiger partial charge < -0.3 is 31.1 Å². The molecular formula is C30H40N4O6. The van der Waals surface area contributed by atoms with Gasteiger partial charge in [0.15, 0.2) is 0 Å². The fourth-order valence-electron chi connectivity index (χ4n) is 4.55. The molecule has 4 atom stereocenters. The lowest BCUT2D eigenvalue weighted by Gasteiger charge is -2.35. The fraction of sp³-hybridized carbons (Fsp3) is 0.467. The Balaban J connectivity index is 2.06. The molecule has 2 aromatic carbocycles. The van der Waals surface area contributed by atoms with E-state index in [1.807, 2.05) is 26.0 Å². The van der Waals surface area contributed by atoms with Gasteiger partial charge in [0.1, 0.15) is 23.4 Å². The molecule has 0 spiro atoms. The Morgan fingerprint density at radius 3 is 2.30 bits per heavy atom. The molecule has 216 valence electrons. The maximum atomic E-state index is 14.2. The molecule has 4 unspecified atom stereocenters. The van der Waals surface area contributed by atoms with Gasteiger partial charge >= 0.3 is 6.09 Å². The van der Waals surface area contributed by atoms with Crippen molar-refractivity contribution in [3.05, 3.63) is 59.2 Å². The number of alkyl carbamates (subject to hydrolysis) is 1. The SMILES string of the molecule is Cc1cc(C(C(=O)Nc2ccccc2C)N(C(=O)C(CCC(N)=O)NC(=O)OC(C)(C)C)C2CC2C)ccc1O. The largest absolute Gasteiger partial charge is 0.508 e. The van der Waals surface area contributed by atoms with Crippen molar-refractivity contribution in [1.82, 2.24) is 10.2 Å². The van der Waals surface area contributed by atoms with E-state index >= 15 is 0 Å². The van der Waals surface area contributed by atoms with E-state index < -0.39 is 41.5 Å². The molecule has 0 radical (unpaired) electrons. The Kier molecular flexibility index (Phi) is 9.44. The number of carbonyl (C=O) groups excluding carboxylic acids is 4. The highest BCUT2D eigenvalue weighted by atomic mass is 16.6. The first-order valence-corrected chi connectivity index (χ1v) is 13.4. The predicted molar refractivity (Wildman–Crippen MR) is 151 cm³/mol. The normalized spacial score (nSPS) is 17.8. The first kappa shape index (κ1) is 30.5. The molecule has 0 aromatic heterocycles. The van der Waals surface area contributed by atoms with Crippen LogP contribution in [0.25, 0.3) is 0 Å². The zero-order valence-corrected chi connectivity index (χ0v) is 24.0. The second kappa shape index (κ2) is 12.4. The number of hydrogen-bond acceptors (Lipinski definition) is 6. The standard InChI is InChI=1S/C30H40N4O6/c1-17-9-7-8-10-21(17)32-27(37)26(20-11-13-24(35)19(3)15-20)34(23-16-18(23)2)28(38)22(12-14-25(31)36)33-29(39)40-30(4,5)6/h7-11,13,15,18,22-23,26,35H,12,14,16H2,1-6H3,(H2,31,36)(H,32,37)(H,33,39). The summed E-state index contributed by atoms with van der Waals surface area (Å²) >= 11 is 0. The van der Waals surface area contributed by atoms with Crippen molar-refractivity contribution in [2.75, 3.05) is 5.32 Å². The quantitative estimate of drug-likeness (QED) is 0.349. The van der Waals surface area contributed by atoms with Crippen LogP contribution in [0, 0.1) is 19.8 Å². The average Bonchev–Trinajstić information content (AvgIpc) is 3.57. The molecule has 0 saturated heterocycles. The third-order valence-corrected chi connectivity index (χ3v) is 6.81. The lowest BCUT2D eigenvalue weighted by atomic mass is 9.98. The van der Waals surface area contributed by atoms with Gasteiger partial charge in [-0.2, -0.15) is 0 Å². The van der Waals surface area contributed by atoms with Crippen molar-refractivity contribution in [2.45, 2.75) is 84.5 Å². The van der Waals surface area contributed by atoms with Gasteiger partial charge in [-0.25, -0.2) is 4.79 Å². The molecule has 1 saturated carbocycles. The van der Waals surface area contributed by atoms with Gasteiger partial charge in [0.25, 0.3) is 5.91 Å². The van der Waals surface area contributed by atoms with Crippen LogP contribution < -0.4 is 16.4 Å². The van der Waals surface area contributed by atoms with E-state index in [0.717, 1.165) is 5.56 Å². The molecule has 10 heteroatoms. The Morgan fingerprint density at radius 1 is 1.10 bits per heavy atom. The van der Waals surface area contributed by atoms with Crippen LogP contribution in [0.4, 0.5) is 10.5 Å². The molecule has 0 heterocycles. The van der Waals surface area contributed by atoms with Crippen LogP contribution in [0.3, 0.4) is 0 Å². The van der Waals surface area contributed by atoms with Gasteiger partial charge in [0.05, 0.1) is 0 Å². The molecule has 1 aliphatic carbocycles. The van der Waals surface area contributed by atoms with Crippen molar-refractivity contribution in [3.63, 3.8) is 0 Å². The van der Waals surface area contributed by atoms with Crippen LogP contribution in [0.15, 0.2) is 42.5 Å². The van der Waals surface area contributed by atoms with E-state index in [9.17, 15) is 24.3 Å². The number of rotatable bonds is 10. The molecule has 0 bridgehead atoms. The number of carbonyl (C=O) groups is 4. The van der Waals surface area contributed by atoms with E-state index in [1.54, 1.807) is 52.0 Å². The van der Waals surface area contributed by atoms with E-state index in [4.69, 9.17) is 10.5 Å². The molecular weight excluding hydrogens is 512 g/mol. The van der Waals surface area contributed by atoms with Crippen molar-refractivity contribution in [1.29, 1.82) is 0 Å². The number of nitrogens with two attached hydrogens (primary N) is 1. The highest BCUT2D eigenvalue weighted by Crippen LogP contribution is 2.41. The highest BCUT2D eigenvalue weighted by molar-refractivity contribution is 5.99. The zero-order chi connectivity index (χ0) is 29.8. The molecule has 4 amide bonds. The predicted octanol–water partition coefficient (Wildman–Crippen LogP) is 4.08. The third-order valence-electron chi connectivity index (χ3n) is 6.81. The van der Waals surface area contributed by atoms with Gasteiger partial charge in [-0.05, 0) is 88.3 Å². The Bertz CT molecular complexity index is 1270. The van der Waals surface area contributed by atoms with Crippen LogP contribution in [0.1, 0.15) is 69.7 Å². The van der Waals surface area contributed by atoms with E-state index in [0.29, 0.717) is 23.2 Å². The number of nitrogens with one attached hydrogen (secondary N) is 2. The van der Waals surface area contributed by atoms with Gasteiger partial charge in [-0.1, -0.05) is 31.2 Å². The number of ether oxygens (including phenoxy) is 1. The molecule has 10 nitrogen and oxygen atoms in total. The van der Waals surface area contributed by atoms with Crippen molar-refractivity contribution < 1.29 is 29.0 Å². The number of aryl methyl sites for hydroxylation is 2. The number of phenols is 1. The van der Waals surface area contributed by atoms with Gasteiger partial charge in [0, 0.05) is 18.2 Å². The molecule has 0 aliphatic heterocycles. The lowest BCUT2D eigenvalue weighted by molar-refractivity contribution is -0.142. The summed E-state index contributed by atoms with van der Waals surface area (Å²) in [5.41, 5.74) is 7.05. The molecule has 1 fully saturated rings. The molecule has 5 N–H and O–H groups in total. The Labute approximate surface area is 235 Å². The number of benzene rings is 2. The number of hydrogen-bond donors (Lipinski definition) is 4. The van der Waals surface area contributed by atoms with E-state index in [1.165, 1.54) is 11.0 Å². The van der Waals surface area contributed by atoms with Crippen LogP contribution in [-0.2, 0) is 19.1 Å². The zero-order valence-electron chi connectivity index (χ0n) is 24.0. The summed E-state index contributed by atoms with van der Waals surface area (Å²) < 4.78 is 5.37. The Hall–Kier alpha value is -4.08. The van der Waals surface area contributed by atoms with Crippen LogP contribution >= 0.6 is 0 Å². The minimum Gasteiger partial charge on any atom is -0.508 e. The van der Waals surface area contributed by atoms with Crippen LogP contribution in [0.5, 0.6) is 5.75 Å². The second-order valence-electron chi connectivity index (χ2n) is 11.5. The van der Waals surface area contributed by atoms with Gasteiger partial charge in [-0.3, -0.25) is 14.4 Å². The van der Waals surface area contributed by atoms with E-state index in [2.05, 4.69) is 10.6 Å². The minimum atomic E-state index is -1.16. The minimum absolute atomic E-state index is 0.0606. The molecule has 40 heavy (non-hydrogen) atoms. The van der Waals surface area contributed by atoms with Crippen LogP contribution in [0.2, 0.25) is 0 Å². The van der Waals surface area contributed by atoms with Gasteiger partial charge in [0.2, 0.25) is 11.8 Å². The van der Waals surface area contributed by atoms with Crippen molar-refractivity contribution in [3.8, 4) is 5.75 Å². The number of primary amides is 1. The summed E-state index contributed by atoms with van der Waals surface area (Å²) in [5.74, 6) is -1.44. The Morgan fingerprint density at radius 2 is 1.75 bits per heavy atom. The summed E-state index contributed by atoms with van der Waals surface area (Å²) in [6.45, 7) is 10.6. The van der Waals surface area contributed by atoms with Crippen molar-refractivity contribution in [2.24, 2.45) is 11.7 Å². The van der Waals surface area contributed by atoms with Gasteiger partial charge in [-0.15, -0.1) is 0 Å². The lowest BCUT2D eigenvalue weighted by Crippen LogP contribution is -2.53. The monoisotopic (exact) mass is 552 g/mol. The summed E-state index contributed by atoms with van der Waals surface area (Å²) in [6, 6.07) is 9.54. The van der Waals surface area contributed by atoms with Crippen molar-refractivity contribution >= 4 is 29.5 Å². The first-order valence-electron chi connectivity index (χ1n) is 13.4. The second-order valence-corrected chi connectivity index (χ2v) is 11.5. The number of nitrogens with zero attached hydrogens (tertiary/aromatic N) is 1. The molecule has 2 aromatic rings. The summed E-state index contributed by atoms with van der Waals surface area (Å²) in [6.07, 6.45) is -0.378. The third kappa shape index (κ3) is 7.97. The first-order chi connectivity index (χ1) is 18.7.